The van der Waals surface area contributed by atoms with E-state index in [1.807, 2.05) is 13.8 Å². The highest BCUT2D eigenvalue weighted by Gasteiger charge is 1.78. The second-order valence-corrected chi connectivity index (χ2v) is 1.61. The van der Waals surface area contributed by atoms with Gasteiger partial charge in [0, 0.05) is 5.92 Å². The minimum absolute atomic E-state index is 0.417. The first-order valence-electron chi connectivity index (χ1n) is 2.31. The second-order valence-electron chi connectivity index (χ2n) is 1.61. The Balaban J connectivity index is 3.24. The summed E-state index contributed by atoms with van der Waals surface area (Å²) in [7, 11) is 1.56. The molecule has 0 unspecified atom stereocenters. The first-order valence-corrected chi connectivity index (χ1v) is 2.31. The molecule has 0 saturated carbocycles. The monoisotopic (exact) mass is 98.1 g/mol. The van der Waals surface area contributed by atoms with Gasteiger partial charge < -0.3 is 4.74 Å². The zero-order valence-electron chi connectivity index (χ0n) is 4.99. The van der Waals surface area contributed by atoms with E-state index in [-0.39, 0.29) is 0 Å². The Morgan fingerprint density at radius 1 is 1.43 bits per heavy atom. The van der Waals surface area contributed by atoms with Crippen LogP contribution in [0.1, 0.15) is 13.8 Å². The lowest BCUT2D eigenvalue weighted by Gasteiger charge is -1.84. The summed E-state index contributed by atoms with van der Waals surface area (Å²) < 4.78 is 4.49. The molecule has 0 aliphatic carbocycles. The predicted octanol–water partition coefficient (Wildman–Crippen LogP) is 1.25. The number of rotatable bonds is 0. The Hall–Kier alpha value is -0.640. The van der Waals surface area contributed by atoms with Crippen molar-refractivity contribution in [1.82, 2.24) is 0 Å². The van der Waals surface area contributed by atoms with Crippen LogP contribution in [-0.2, 0) is 4.74 Å². The van der Waals surface area contributed by atoms with Gasteiger partial charge in [0.05, 0.1) is 7.11 Å². The van der Waals surface area contributed by atoms with Gasteiger partial charge in [-0.1, -0.05) is 19.8 Å². The summed E-state index contributed by atoms with van der Waals surface area (Å²) in [5, 5.41) is 0. The summed E-state index contributed by atoms with van der Waals surface area (Å²) in [4.78, 5) is 0. The van der Waals surface area contributed by atoms with Crippen LogP contribution in [0.2, 0.25) is 0 Å². The third kappa shape index (κ3) is 5.36. The fourth-order valence-electron chi connectivity index (χ4n) is 0.177. The molecular weight excluding hydrogens is 88.1 g/mol. The highest BCUT2D eigenvalue weighted by molar-refractivity contribution is 4.93. The number of hydrogen-bond donors (Lipinski definition) is 0. The molecule has 0 aromatic rings. The summed E-state index contributed by atoms with van der Waals surface area (Å²) in [6.45, 7) is 4.04. The van der Waals surface area contributed by atoms with Gasteiger partial charge in [0.15, 0.2) is 0 Å². The number of hydrogen-bond acceptors (Lipinski definition) is 1. The van der Waals surface area contributed by atoms with Gasteiger partial charge in [-0.15, -0.1) is 0 Å². The van der Waals surface area contributed by atoms with E-state index in [9.17, 15) is 0 Å². The van der Waals surface area contributed by atoms with Crippen LogP contribution in [0, 0.1) is 17.9 Å². The van der Waals surface area contributed by atoms with E-state index in [4.69, 9.17) is 0 Å². The van der Waals surface area contributed by atoms with Crippen LogP contribution >= 0.6 is 0 Å². The van der Waals surface area contributed by atoms with E-state index in [0.717, 1.165) is 0 Å². The Kier molecular flexibility index (Phi) is 3.22. The van der Waals surface area contributed by atoms with Crippen molar-refractivity contribution in [2.75, 3.05) is 7.11 Å². The normalized spacial score (nSPS) is 7.43. The Bertz CT molecular complexity index is 84.1. The minimum Gasteiger partial charge on any atom is -0.450 e. The fraction of sp³-hybridized carbons (Fsp3) is 0.667. The lowest BCUT2D eigenvalue weighted by atomic mass is 10.2. The smallest absolute Gasteiger partial charge is 0.110 e. The highest BCUT2D eigenvalue weighted by Crippen LogP contribution is 1.84. The van der Waals surface area contributed by atoms with E-state index in [1.54, 1.807) is 7.11 Å². The van der Waals surface area contributed by atoms with Crippen LogP contribution < -0.4 is 0 Å². The number of ether oxygens (including phenoxy) is 1. The Morgan fingerprint density at radius 2 is 2.00 bits per heavy atom. The van der Waals surface area contributed by atoms with Gasteiger partial charge in [-0.3, -0.25) is 0 Å². The molecule has 0 aliphatic rings. The molecule has 1 nitrogen and oxygen atoms in total. The van der Waals surface area contributed by atoms with Crippen molar-refractivity contribution >= 4 is 0 Å². The maximum Gasteiger partial charge on any atom is 0.110 e. The Labute approximate surface area is 44.7 Å². The van der Waals surface area contributed by atoms with Gasteiger partial charge in [0.2, 0.25) is 0 Å². The molecule has 1 heteroatoms. The Morgan fingerprint density at radius 3 is 2.14 bits per heavy atom. The van der Waals surface area contributed by atoms with E-state index in [0.29, 0.717) is 5.92 Å². The maximum absolute atomic E-state index is 4.49. The van der Waals surface area contributed by atoms with Gasteiger partial charge in [-0.2, -0.15) is 0 Å². The first kappa shape index (κ1) is 6.36. The molecule has 0 rings (SSSR count). The average molecular weight is 98.1 g/mol. The molecule has 0 heterocycles. The van der Waals surface area contributed by atoms with Crippen molar-refractivity contribution in [3.8, 4) is 12.0 Å². The lowest BCUT2D eigenvalue weighted by Crippen LogP contribution is -1.77. The molecule has 0 N–H and O–H groups in total. The molecule has 0 amide bonds. The molecule has 0 aromatic carbocycles. The van der Waals surface area contributed by atoms with E-state index < -0.39 is 0 Å². The first-order chi connectivity index (χ1) is 3.27. The molecule has 0 radical (unpaired) electrons. The third-order valence-corrected chi connectivity index (χ3v) is 0.450. The summed E-state index contributed by atoms with van der Waals surface area (Å²) in [6, 6.07) is 0. The van der Waals surface area contributed by atoms with Crippen molar-refractivity contribution in [3.63, 3.8) is 0 Å². The third-order valence-electron chi connectivity index (χ3n) is 0.450. The van der Waals surface area contributed by atoms with Gasteiger partial charge in [-0.05, 0) is 0 Å². The van der Waals surface area contributed by atoms with Crippen LogP contribution in [0.4, 0.5) is 0 Å². The van der Waals surface area contributed by atoms with E-state index in [2.05, 4.69) is 16.8 Å². The average Bonchev–Trinajstić information content (AvgIpc) is 1.61. The molecule has 0 spiro atoms. The van der Waals surface area contributed by atoms with Gasteiger partial charge >= 0.3 is 0 Å². The van der Waals surface area contributed by atoms with Gasteiger partial charge in [0.25, 0.3) is 0 Å². The largest absolute Gasteiger partial charge is 0.450 e. The molecule has 0 fully saturated rings. The van der Waals surface area contributed by atoms with Crippen molar-refractivity contribution in [2.24, 2.45) is 5.92 Å². The predicted molar refractivity (Wildman–Crippen MR) is 29.6 cm³/mol. The molecule has 40 valence electrons. The van der Waals surface area contributed by atoms with Crippen LogP contribution in [0.3, 0.4) is 0 Å². The van der Waals surface area contributed by atoms with Crippen LogP contribution in [0.25, 0.3) is 0 Å². The summed E-state index contributed by atoms with van der Waals surface area (Å²) in [5.74, 6) is 3.24. The van der Waals surface area contributed by atoms with Crippen LogP contribution in [0.15, 0.2) is 0 Å². The van der Waals surface area contributed by atoms with Crippen molar-refractivity contribution in [3.05, 3.63) is 0 Å². The van der Waals surface area contributed by atoms with Crippen molar-refractivity contribution in [1.29, 1.82) is 0 Å². The molecule has 7 heavy (non-hydrogen) atoms. The van der Waals surface area contributed by atoms with E-state index >= 15 is 0 Å². The van der Waals surface area contributed by atoms with Crippen LogP contribution in [-0.4, -0.2) is 7.11 Å². The van der Waals surface area contributed by atoms with Crippen molar-refractivity contribution < 1.29 is 4.74 Å². The molecular formula is C6H10O. The highest BCUT2D eigenvalue weighted by atomic mass is 16.5. The minimum atomic E-state index is 0.417. The maximum atomic E-state index is 4.49. The molecule has 0 aliphatic heterocycles. The topological polar surface area (TPSA) is 9.23 Å². The molecule has 0 saturated heterocycles. The SMILES string of the molecule is COC#CC(C)C. The second kappa shape index (κ2) is 3.55. The lowest BCUT2D eigenvalue weighted by molar-refractivity contribution is 0.371. The quantitative estimate of drug-likeness (QED) is 0.414. The van der Waals surface area contributed by atoms with Gasteiger partial charge in [-0.25, -0.2) is 0 Å². The number of methoxy groups -OCH3 is 1. The van der Waals surface area contributed by atoms with E-state index in [1.165, 1.54) is 0 Å². The fourth-order valence-corrected chi connectivity index (χ4v) is 0.177. The van der Waals surface area contributed by atoms with Crippen molar-refractivity contribution in [2.45, 2.75) is 13.8 Å². The molecule has 0 aromatic heterocycles. The summed E-state index contributed by atoms with van der Waals surface area (Å²) in [5.41, 5.74) is 0. The molecule has 0 bridgehead atoms. The summed E-state index contributed by atoms with van der Waals surface area (Å²) >= 11 is 0. The summed E-state index contributed by atoms with van der Waals surface area (Å²) in [6.07, 6.45) is 2.50. The van der Waals surface area contributed by atoms with Gasteiger partial charge in [0.1, 0.15) is 6.11 Å². The zero-order chi connectivity index (χ0) is 5.70. The molecule has 0 atom stereocenters. The standard InChI is InChI=1S/C6H10O/c1-6(2)4-5-7-3/h6H,1-3H3. The van der Waals surface area contributed by atoms with Crippen LogP contribution in [0.5, 0.6) is 0 Å². The zero-order valence-corrected chi connectivity index (χ0v) is 4.99.